The van der Waals surface area contributed by atoms with E-state index in [0.29, 0.717) is 13.1 Å². The van der Waals surface area contributed by atoms with E-state index in [1.165, 1.54) is 22.9 Å². The van der Waals surface area contributed by atoms with Crippen LogP contribution in [0.2, 0.25) is 0 Å². The first-order valence-electron chi connectivity index (χ1n) is 14.0. The van der Waals surface area contributed by atoms with Gasteiger partial charge in [-0.25, -0.2) is 9.18 Å². The van der Waals surface area contributed by atoms with Crippen LogP contribution in [0.5, 0.6) is 0 Å². The average Bonchev–Trinajstić information content (AvgIpc) is 2.86. The van der Waals surface area contributed by atoms with Crippen molar-refractivity contribution in [3.05, 3.63) is 70.8 Å². The molecular formula is C32H50FN3O2. The van der Waals surface area contributed by atoms with E-state index in [-0.39, 0.29) is 11.9 Å². The lowest BCUT2D eigenvalue weighted by atomic mass is 9.96. The Kier molecular flexibility index (Phi) is 14.7. The molecule has 212 valence electrons. The fourth-order valence-electron chi connectivity index (χ4n) is 4.28. The van der Waals surface area contributed by atoms with Gasteiger partial charge in [0.1, 0.15) is 11.4 Å². The molecule has 1 fully saturated rings. The Morgan fingerprint density at radius 3 is 2.21 bits per heavy atom. The van der Waals surface area contributed by atoms with Crippen molar-refractivity contribution in [2.45, 2.75) is 93.6 Å². The van der Waals surface area contributed by atoms with Crippen molar-refractivity contribution in [3.8, 4) is 0 Å². The number of carbonyl (C=O) groups excluding carboxylic acids is 1. The Morgan fingerprint density at radius 1 is 1.08 bits per heavy atom. The third kappa shape index (κ3) is 11.7. The average molecular weight is 528 g/mol. The highest BCUT2D eigenvalue weighted by Gasteiger charge is 2.27. The van der Waals surface area contributed by atoms with Gasteiger partial charge in [-0.1, -0.05) is 51.5 Å². The smallest absolute Gasteiger partial charge is 0.410 e. The van der Waals surface area contributed by atoms with Crippen molar-refractivity contribution in [2.24, 2.45) is 4.99 Å². The van der Waals surface area contributed by atoms with Crippen molar-refractivity contribution in [3.63, 3.8) is 0 Å². The molecule has 0 radical (unpaired) electrons. The van der Waals surface area contributed by atoms with E-state index in [1.807, 2.05) is 33.0 Å². The second-order valence-electron chi connectivity index (χ2n) is 10.5. The summed E-state index contributed by atoms with van der Waals surface area (Å²) in [6.45, 7) is 21.3. The molecule has 1 amide bonds. The Bertz CT molecular complexity index is 994. The van der Waals surface area contributed by atoms with Crippen LogP contribution >= 0.6 is 0 Å². The molecule has 0 unspecified atom stereocenters. The summed E-state index contributed by atoms with van der Waals surface area (Å²) < 4.78 is 18.0. The fraction of sp³-hybridized carbons (Fsp3) is 0.562. The molecule has 1 aromatic carbocycles. The highest BCUT2D eigenvalue weighted by molar-refractivity contribution is 6.03. The number of ether oxygens (including phenoxy) is 1. The van der Waals surface area contributed by atoms with E-state index >= 15 is 0 Å². The van der Waals surface area contributed by atoms with Crippen molar-refractivity contribution in [2.75, 3.05) is 26.2 Å². The summed E-state index contributed by atoms with van der Waals surface area (Å²) in [5, 5.41) is 0. The molecule has 0 spiro atoms. The normalized spacial score (nSPS) is 15.7. The summed E-state index contributed by atoms with van der Waals surface area (Å²) in [5.74, 6) is -0.133. The topological polar surface area (TPSA) is 45.1 Å². The number of rotatable bonds is 8. The zero-order chi connectivity index (χ0) is 28.7. The number of nitrogens with zero attached hydrogens (tertiary/aromatic N) is 3. The number of carbonyl (C=O) groups is 1. The Hall–Kier alpha value is -2.89. The zero-order valence-electron chi connectivity index (χ0n) is 25.2. The van der Waals surface area contributed by atoms with Gasteiger partial charge in [0.15, 0.2) is 0 Å². The van der Waals surface area contributed by atoms with E-state index < -0.39 is 5.60 Å². The van der Waals surface area contributed by atoms with Gasteiger partial charge in [0, 0.05) is 49.4 Å². The molecule has 38 heavy (non-hydrogen) atoms. The standard InChI is InChI=1S/C23H39N3O2.C9H11F/c1-9-12-13-24-18(4)21(20(10-2)11-3)19(5)25-14-16-26(17-15-25)22(27)28-23(6,7)8;1-2-4-8-5-3-6-9(10)7-8/h10,12-13H,9,11,14-17H2,1-8H3;3,5-7H,2,4H2,1H3/b13-12+,20-10-,21-19-,24-18+;. The quantitative estimate of drug-likeness (QED) is 0.252. The van der Waals surface area contributed by atoms with Crippen molar-refractivity contribution in [1.29, 1.82) is 0 Å². The number of amides is 1. The zero-order valence-corrected chi connectivity index (χ0v) is 25.2. The fourth-order valence-corrected chi connectivity index (χ4v) is 4.28. The van der Waals surface area contributed by atoms with E-state index in [2.05, 4.69) is 63.6 Å². The molecule has 6 heteroatoms. The number of halogens is 1. The van der Waals surface area contributed by atoms with Crippen LogP contribution in [-0.2, 0) is 11.2 Å². The molecule has 0 aromatic heterocycles. The lowest BCUT2D eigenvalue weighted by Gasteiger charge is -2.38. The van der Waals surface area contributed by atoms with Gasteiger partial charge < -0.3 is 14.5 Å². The van der Waals surface area contributed by atoms with Gasteiger partial charge in [0.05, 0.1) is 0 Å². The summed E-state index contributed by atoms with van der Waals surface area (Å²) >= 11 is 0. The van der Waals surface area contributed by atoms with Crippen LogP contribution < -0.4 is 0 Å². The van der Waals surface area contributed by atoms with Gasteiger partial charge in [0.25, 0.3) is 0 Å². The van der Waals surface area contributed by atoms with Crippen LogP contribution in [0.4, 0.5) is 9.18 Å². The maximum atomic E-state index is 12.5. The molecule has 1 aliphatic rings. The molecule has 1 aliphatic heterocycles. The van der Waals surface area contributed by atoms with Crippen LogP contribution in [-0.4, -0.2) is 53.4 Å². The molecular weight excluding hydrogens is 477 g/mol. The second kappa shape index (κ2) is 16.8. The summed E-state index contributed by atoms with van der Waals surface area (Å²) in [4.78, 5) is 21.1. The lowest BCUT2D eigenvalue weighted by Crippen LogP contribution is -2.49. The van der Waals surface area contributed by atoms with Gasteiger partial charge in [-0.15, -0.1) is 0 Å². The van der Waals surface area contributed by atoms with Crippen molar-refractivity contribution >= 4 is 11.8 Å². The minimum absolute atomic E-state index is 0.133. The summed E-state index contributed by atoms with van der Waals surface area (Å²) in [6.07, 6.45) is 9.90. The predicted molar refractivity (Wildman–Crippen MR) is 159 cm³/mol. The highest BCUT2D eigenvalue weighted by atomic mass is 19.1. The number of benzene rings is 1. The maximum absolute atomic E-state index is 12.5. The first-order valence-corrected chi connectivity index (χ1v) is 14.0. The van der Waals surface area contributed by atoms with Gasteiger partial charge in [-0.3, -0.25) is 4.99 Å². The molecule has 2 rings (SSSR count). The van der Waals surface area contributed by atoms with Crippen LogP contribution in [0.3, 0.4) is 0 Å². The summed E-state index contributed by atoms with van der Waals surface area (Å²) in [6, 6.07) is 6.76. The van der Waals surface area contributed by atoms with Gasteiger partial charge in [-0.2, -0.15) is 0 Å². The van der Waals surface area contributed by atoms with Crippen LogP contribution in [0.25, 0.3) is 0 Å². The number of hydrogen-bond donors (Lipinski definition) is 0. The van der Waals surface area contributed by atoms with Crippen LogP contribution in [0.1, 0.15) is 87.1 Å². The Labute approximate surface area is 231 Å². The first kappa shape index (κ1) is 33.1. The third-order valence-electron chi connectivity index (χ3n) is 6.22. The van der Waals surface area contributed by atoms with Crippen LogP contribution in [0.15, 0.2) is 64.5 Å². The van der Waals surface area contributed by atoms with Crippen LogP contribution in [0, 0.1) is 5.82 Å². The van der Waals surface area contributed by atoms with Gasteiger partial charge in [0.2, 0.25) is 0 Å². The molecule has 0 aliphatic carbocycles. The highest BCUT2D eigenvalue weighted by Crippen LogP contribution is 2.24. The largest absolute Gasteiger partial charge is 0.444 e. The summed E-state index contributed by atoms with van der Waals surface area (Å²) in [5.41, 5.74) is 5.41. The molecule has 0 N–H and O–H groups in total. The van der Waals surface area contributed by atoms with E-state index in [1.54, 1.807) is 17.0 Å². The number of hydrogen-bond acceptors (Lipinski definition) is 4. The first-order chi connectivity index (χ1) is 18.0. The molecule has 1 heterocycles. The minimum Gasteiger partial charge on any atom is -0.444 e. The van der Waals surface area contributed by atoms with E-state index in [0.717, 1.165) is 50.0 Å². The van der Waals surface area contributed by atoms with E-state index in [4.69, 9.17) is 4.74 Å². The maximum Gasteiger partial charge on any atom is 0.410 e. The summed E-state index contributed by atoms with van der Waals surface area (Å²) in [7, 11) is 0. The number of aliphatic imine (C=N–C) groups is 1. The molecule has 1 aromatic rings. The van der Waals surface area contributed by atoms with Crippen molar-refractivity contribution in [1.82, 2.24) is 9.80 Å². The lowest BCUT2D eigenvalue weighted by molar-refractivity contribution is 0.0168. The van der Waals surface area contributed by atoms with Gasteiger partial charge >= 0.3 is 6.09 Å². The number of aryl methyl sites for hydroxylation is 1. The predicted octanol–water partition coefficient (Wildman–Crippen LogP) is 8.33. The molecule has 0 saturated carbocycles. The molecule has 5 nitrogen and oxygen atoms in total. The Morgan fingerprint density at radius 2 is 1.71 bits per heavy atom. The second-order valence-corrected chi connectivity index (χ2v) is 10.5. The minimum atomic E-state index is -0.460. The molecule has 0 bridgehead atoms. The number of allylic oxidation sites excluding steroid dienone is 5. The monoisotopic (exact) mass is 527 g/mol. The Balaban J connectivity index is 0.000000600. The third-order valence-corrected chi connectivity index (χ3v) is 6.22. The van der Waals surface area contributed by atoms with E-state index in [9.17, 15) is 9.18 Å². The van der Waals surface area contributed by atoms with Gasteiger partial charge in [-0.05, 0) is 84.1 Å². The molecule has 1 saturated heterocycles. The SMILES string of the molecule is CCCc1cccc(F)c1.C\C=C(CC)/C(C(/C)=N/C=C/CC)=C(/C)N1CCN(C(=O)OC(C)(C)C)CC1. The van der Waals surface area contributed by atoms with Crippen molar-refractivity contribution < 1.29 is 13.9 Å². The molecule has 0 atom stereocenters. The number of piperazine rings is 1.